The van der Waals surface area contributed by atoms with E-state index >= 15 is 0 Å². The molecule has 0 saturated carbocycles. The molecule has 0 amide bonds. The Morgan fingerprint density at radius 1 is 1.26 bits per heavy atom. The summed E-state index contributed by atoms with van der Waals surface area (Å²) in [5.74, 6) is -0.372. The Kier molecular flexibility index (Phi) is 5.16. The molecule has 108 valence electrons. The summed E-state index contributed by atoms with van der Waals surface area (Å²) < 4.78 is 50.4. The number of nitrogens with one attached hydrogen (secondary N) is 2. The summed E-state index contributed by atoms with van der Waals surface area (Å²) in [6.45, 7) is -0.267. The van der Waals surface area contributed by atoms with Gasteiger partial charge in [0.05, 0.1) is 10.8 Å². The zero-order valence-corrected chi connectivity index (χ0v) is 12.4. The first-order valence-electron chi connectivity index (χ1n) is 5.14. The van der Waals surface area contributed by atoms with E-state index in [2.05, 4.69) is 9.44 Å². The highest BCUT2D eigenvalue weighted by atomic mass is 35.5. The summed E-state index contributed by atoms with van der Waals surface area (Å²) in [5, 5.41) is 0.0122. The molecule has 19 heavy (non-hydrogen) atoms. The molecule has 10 heteroatoms. The molecule has 0 heterocycles. The van der Waals surface area contributed by atoms with Gasteiger partial charge in [0.2, 0.25) is 20.0 Å². The van der Waals surface area contributed by atoms with Gasteiger partial charge in [-0.05, 0) is 25.2 Å². The van der Waals surface area contributed by atoms with Crippen LogP contribution in [0.25, 0.3) is 0 Å². The van der Waals surface area contributed by atoms with E-state index in [9.17, 15) is 16.8 Å². The van der Waals surface area contributed by atoms with Crippen molar-refractivity contribution in [3.8, 4) is 0 Å². The van der Waals surface area contributed by atoms with Crippen LogP contribution in [0.1, 0.15) is 0 Å². The lowest BCUT2D eigenvalue weighted by molar-refractivity contribution is 0.578. The molecule has 4 N–H and O–H groups in total. The number of rotatable bonds is 6. The van der Waals surface area contributed by atoms with E-state index in [1.807, 2.05) is 0 Å². The summed E-state index contributed by atoms with van der Waals surface area (Å²) >= 11 is 5.77. The van der Waals surface area contributed by atoms with Gasteiger partial charge in [-0.25, -0.2) is 26.3 Å². The maximum absolute atomic E-state index is 11.9. The summed E-state index contributed by atoms with van der Waals surface area (Å²) in [7, 11) is -6.13. The molecule has 0 aliphatic heterocycles. The number of benzene rings is 1. The minimum Gasteiger partial charge on any atom is -0.399 e. The van der Waals surface area contributed by atoms with E-state index < -0.39 is 20.0 Å². The third kappa shape index (κ3) is 4.62. The highest BCUT2D eigenvalue weighted by molar-refractivity contribution is 7.90. The van der Waals surface area contributed by atoms with Crippen LogP contribution in [0.2, 0.25) is 5.02 Å². The number of sulfonamides is 2. The van der Waals surface area contributed by atoms with E-state index in [-0.39, 0.29) is 27.9 Å². The Labute approximate surface area is 117 Å². The van der Waals surface area contributed by atoms with Gasteiger partial charge in [-0.2, -0.15) is 0 Å². The highest BCUT2D eigenvalue weighted by Crippen LogP contribution is 2.23. The largest absolute Gasteiger partial charge is 0.399 e. The minimum absolute atomic E-state index is 0.0122. The molecule has 0 unspecified atom stereocenters. The average Bonchev–Trinajstić information content (AvgIpc) is 2.31. The second kappa shape index (κ2) is 6.06. The third-order valence-corrected chi connectivity index (χ3v) is 5.52. The van der Waals surface area contributed by atoms with Crippen LogP contribution in [0, 0.1) is 0 Å². The molecular weight excluding hydrogens is 314 g/mol. The molecule has 0 atom stereocenters. The van der Waals surface area contributed by atoms with Gasteiger partial charge in [0, 0.05) is 12.2 Å². The number of halogens is 1. The zero-order valence-electron chi connectivity index (χ0n) is 10.1. The van der Waals surface area contributed by atoms with Crippen molar-refractivity contribution < 1.29 is 16.8 Å². The molecule has 0 saturated heterocycles. The Hall–Kier alpha value is -0.870. The van der Waals surface area contributed by atoms with Crippen molar-refractivity contribution in [2.45, 2.75) is 4.90 Å². The van der Waals surface area contributed by atoms with Crippen LogP contribution in [0.5, 0.6) is 0 Å². The molecule has 1 aromatic carbocycles. The van der Waals surface area contributed by atoms with E-state index in [1.54, 1.807) is 0 Å². The first-order chi connectivity index (χ1) is 8.68. The lowest BCUT2D eigenvalue weighted by atomic mass is 10.3. The Balaban J connectivity index is 2.85. The van der Waals surface area contributed by atoms with Gasteiger partial charge < -0.3 is 5.73 Å². The van der Waals surface area contributed by atoms with Crippen LogP contribution in [0.15, 0.2) is 23.1 Å². The predicted octanol–water partition coefficient (Wildman–Crippen LogP) is -0.250. The van der Waals surface area contributed by atoms with E-state index in [0.717, 1.165) is 0 Å². The van der Waals surface area contributed by atoms with Crippen LogP contribution < -0.4 is 15.2 Å². The monoisotopic (exact) mass is 327 g/mol. The molecule has 7 nitrogen and oxygen atoms in total. The molecule has 0 radical (unpaired) electrons. The average molecular weight is 328 g/mol. The van der Waals surface area contributed by atoms with Crippen molar-refractivity contribution in [1.82, 2.24) is 9.44 Å². The Morgan fingerprint density at radius 3 is 2.47 bits per heavy atom. The summed E-state index contributed by atoms with van der Waals surface area (Å²) in [4.78, 5) is -0.184. The second-order valence-electron chi connectivity index (χ2n) is 3.61. The number of hydrogen-bond acceptors (Lipinski definition) is 5. The van der Waals surface area contributed by atoms with Crippen molar-refractivity contribution >= 4 is 37.3 Å². The van der Waals surface area contributed by atoms with Gasteiger partial charge in [-0.1, -0.05) is 11.6 Å². The molecule has 0 bridgehead atoms. The third-order valence-electron chi connectivity index (χ3n) is 2.22. The SMILES string of the molecule is CNS(=O)(=O)CCNS(=O)(=O)c1cc(N)ccc1Cl. The highest BCUT2D eigenvalue weighted by Gasteiger charge is 2.19. The molecule has 0 aliphatic rings. The van der Waals surface area contributed by atoms with Gasteiger partial charge >= 0.3 is 0 Å². The zero-order chi connectivity index (χ0) is 14.7. The van der Waals surface area contributed by atoms with Crippen molar-refractivity contribution in [3.63, 3.8) is 0 Å². The molecule has 1 aromatic rings. The topological polar surface area (TPSA) is 118 Å². The number of anilines is 1. The normalized spacial score (nSPS) is 12.5. The number of nitrogen functional groups attached to an aromatic ring is 1. The van der Waals surface area contributed by atoms with Crippen molar-refractivity contribution in [2.75, 3.05) is 25.1 Å². The van der Waals surface area contributed by atoms with Gasteiger partial charge in [-0.3, -0.25) is 0 Å². The Bertz CT molecular complexity index is 658. The van der Waals surface area contributed by atoms with Crippen molar-refractivity contribution in [2.24, 2.45) is 0 Å². The maximum atomic E-state index is 11.9. The second-order valence-corrected chi connectivity index (χ2v) is 7.80. The molecule has 0 aliphatic carbocycles. The lowest BCUT2D eigenvalue weighted by Crippen LogP contribution is -2.33. The maximum Gasteiger partial charge on any atom is 0.242 e. The molecule has 0 fully saturated rings. The quantitative estimate of drug-likeness (QED) is 0.623. The van der Waals surface area contributed by atoms with Gasteiger partial charge in [0.15, 0.2) is 0 Å². The van der Waals surface area contributed by atoms with Crippen LogP contribution in [0.3, 0.4) is 0 Å². The minimum atomic E-state index is -3.90. The van der Waals surface area contributed by atoms with E-state index in [1.165, 1.54) is 25.2 Å². The van der Waals surface area contributed by atoms with E-state index in [0.29, 0.717) is 0 Å². The summed E-state index contributed by atoms with van der Waals surface area (Å²) in [6, 6.07) is 4.03. The van der Waals surface area contributed by atoms with Crippen LogP contribution in [0.4, 0.5) is 5.69 Å². The lowest BCUT2D eigenvalue weighted by Gasteiger charge is -2.09. The fraction of sp³-hybridized carbons (Fsp3) is 0.333. The summed E-state index contributed by atoms with van der Waals surface area (Å²) in [5.41, 5.74) is 5.73. The van der Waals surface area contributed by atoms with Crippen molar-refractivity contribution in [3.05, 3.63) is 23.2 Å². The van der Waals surface area contributed by atoms with Crippen LogP contribution in [-0.2, 0) is 20.0 Å². The van der Waals surface area contributed by atoms with Gasteiger partial charge in [0.1, 0.15) is 4.90 Å². The fourth-order valence-corrected chi connectivity index (χ4v) is 3.48. The van der Waals surface area contributed by atoms with Gasteiger partial charge in [-0.15, -0.1) is 0 Å². The van der Waals surface area contributed by atoms with Crippen LogP contribution >= 0.6 is 11.6 Å². The Morgan fingerprint density at radius 2 is 1.89 bits per heavy atom. The molecular formula is C9H14ClN3O4S2. The standard InChI is InChI=1S/C9H14ClN3O4S2/c1-12-18(14,15)5-4-13-19(16,17)9-6-7(11)2-3-8(9)10/h2-3,6,12-13H,4-5,11H2,1H3. The smallest absolute Gasteiger partial charge is 0.242 e. The number of nitrogens with two attached hydrogens (primary N) is 1. The number of hydrogen-bond donors (Lipinski definition) is 3. The van der Waals surface area contributed by atoms with Crippen LogP contribution in [-0.4, -0.2) is 36.2 Å². The fourth-order valence-electron chi connectivity index (χ4n) is 1.22. The first kappa shape index (κ1) is 16.2. The molecule has 0 spiro atoms. The van der Waals surface area contributed by atoms with E-state index in [4.69, 9.17) is 17.3 Å². The molecule has 1 rings (SSSR count). The first-order valence-corrected chi connectivity index (χ1v) is 8.65. The predicted molar refractivity (Wildman–Crippen MR) is 73.9 cm³/mol. The summed E-state index contributed by atoms with van der Waals surface area (Å²) in [6.07, 6.45) is 0. The molecule has 0 aromatic heterocycles. The van der Waals surface area contributed by atoms with Gasteiger partial charge in [0.25, 0.3) is 0 Å². The van der Waals surface area contributed by atoms with Crippen molar-refractivity contribution in [1.29, 1.82) is 0 Å².